The van der Waals surface area contributed by atoms with Crippen LogP contribution in [-0.4, -0.2) is 52.1 Å². The Balaban J connectivity index is 1.41. The third-order valence-electron chi connectivity index (χ3n) is 5.47. The topological polar surface area (TPSA) is 118 Å². The standard InChI is InChI=1S/C21H15FN8O2/c22-13-2-1-8-30-16(13)10-15(28-30)18-17-14(24-11-25-17)5-9-29(18)21(31)20-27-26-19(32-20)12-3-6-23-7-4-12/h1-4,6-8,10-11,18H,5,9H2,(H,24,25)/t18-/m1/s1. The van der Waals surface area contributed by atoms with Crippen molar-refractivity contribution in [3.05, 3.63) is 84.0 Å². The highest BCUT2D eigenvalue weighted by molar-refractivity contribution is 5.90. The van der Waals surface area contributed by atoms with Crippen LogP contribution in [0.1, 0.15) is 33.8 Å². The SMILES string of the molecule is O=C(c1nnc(-c2ccncc2)o1)N1CCc2[nH]cnc2[C@H]1c1cc2c(F)cccn2n1. The van der Waals surface area contributed by atoms with E-state index in [-0.39, 0.29) is 11.8 Å². The van der Waals surface area contributed by atoms with Gasteiger partial charge in [-0.15, -0.1) is 10.2 Å². The minimum Gasteiger partial charge on any atom is -0.412 e. The Morgan fingerprint density at radius 2 is 2.09 bits per heavy atom. The molecule has 32 heavy (non-hydrogen) atoms. The average molecular weight is 430 g/mol. The molecule has 6 heterocycles. The largest absolute Gasteiger partial charge is 0.412 e. The van der Waals surface area contributed by atoms with E-state index < -0.39 is 17.8 Å². The van der Waals surface area contributed by atoms with Gasteiger partial charge < -0.3 is 14.3 Å². The first-order valence-electron chi connectivity index (χ1n) is 9.90. The van der Waals surface area contributed by atoms with Crippen LogP contribution in [0.2, 0.25) is 0 Å². The van der Waals surface area contributed by atoms with Gasteiger partial charge in [-0.05, 0) is 30.3 Å². The number of imidazole rings is 1. The lowest BCUT2D eigenvalue weighted by atomic mass is 9.99. The molecule has 0 unspecified atom stereocenters. The van der Waals surface area contributed by atoms with Crippen LogP contribution in [0.15, 0.2) is 59.7 Å². The molecule has 0 bridgehead atoms. The van der Waals surface area contributed by atoms with E-state index in [1.54, 1.807) is 54.1 Å². The van der Waals surface area contributed by atoms with Gasteiger partial charge in [0.05, 0.1) is 17.7 Å². The van der Waals surface area contributed by atoms with Crippen LogP contribution in [0.25, 0.3) is 17.0 Å². The van der Waals surface area contributed by atoms with Crippen molar-refractivity contribution in [2.75, 3.05) is 6.54 Å². The molecule has 11 heteroatoms. The van der Waals surface area contributed by atoms with E-state index in [1.165, 1.54) is 10.6 Å². The second-order valence-electron chi connectivity index (χ2n) is 7.32. The van der Waals surface area contributed by atoms with Gasteiger partial charge in [-0.25, -0.2) is 13.9 Å². The highest BCUT2D eigenvalue weighted by atomic mass is 19.1. The number of nitrogens with one attached hydrogen (secondary N) is 1. The van der Waals surface area contributed by atoms with Gasteiger partial charge in [0.15, 0.2) is 0 Å². The van der Waals surface area contributed by atoms with Crippen LogP contribution in [0.3, 0.4) is 0 Å². The third-order valence-corrected chi connectivity index (χ3v) is 5.47. The monoisotopic (exact) mass is 430 g/mol. The van der Waals surface area contributed by atoms with Crippen LogP contribution < -0.4 is 0 Å². The second-order valence-corrected chi connectivity index (χ2v) is 7.32. The predicted octanol–water partition coefficient (Wildman–Crippen LogP) is 2.43. The molecule has 1 aliphatic rings. The molecule has 0 aromatic carbocycles. The van der Waals surface area contributed by atoms with Crippen molar-refractivity contribution >= 4 is 11.4 Å². The summed E-state index contributed by atoms with van der Waals surface area (Å²) >= 11 is 0. The molecule has 158 valence electrons. The first kappa shape index (κ1) is 18.4. The lowest BCUT2D eigenvalue weighted by Crippen LogP contribution is -2.41. The van der Waals surface area contributed by atoms with Gasteiger partial charge in [0.2, 0.25) is 5.89 Å². The number of nitrogens with zero attached hydrogens (tertiary/aromatic N) is 7. The van der Waals surface area contributed by atoms with Crippen molar-refractivity contribution in [1.29, 1.82) is 0 Å². The normalized spacial score (nSPS) is 15.8. The molecule has 0 saturated heterocycles. The fourth-order valence-corrected chi connectivity index (χ4v) is 3.97. The predicted molar refractivity (Wildman–Crippen MR) is 108 cm³/mol. The number of halogens is 1. The van der Waals surface area contributed by atoms with Crippen molar-refractivity contribution in [3.63, 3.8) is 0 Å². The zero-order valence-electron chi connectivity index (χ0n) is 16.5. The summed E-state index contributed by atoms with van der Waals surface area (Å²) in [6, 6.07) is 7.36. The van der Waals surface area contributed by atoms with E-state index in [0.29, 0.717) is 35.4 Å². The number of pyridine rings is 2. The molecule has 5 aromatic rings. The molecular weight excluding hydrogens is 415 g/mol. The van der Waals surface area contributed by atoms with Gasteiger partial charge in [0, 0.05) is 42.8 Å². The Morgan fingerprint density at radius 1 is 1.22 bits per heavy atom. The zero-order valence-corrected chi connectivity index (χ0v) is 16.5. The maximum Gasteiger partial charge on any atom is 0.312 e. The lowest BCUT2D eigenvalue weighted by molar-refractivity contribution is 0.0646. The van der Waals surface area contributed by atoms with E-state index in [9.17, 15) is 9.18 Å². The van der Waals surface area contributed by atoms with E-state index in [1.807, 2.05) is 0 Å². The van der Waals surface area contributed by atoms with Crippen molar-refractivity contribution in [3.8, 4) is 11.5 Å². The smallest absolute Gasteiger partial charge is 0.312 e. The van der Waals surface area contributed by atoms with E-state index >= 15 is 0 Å². The quantitative estimate of drug-likeness (QED) is 0.467. The Labute approximate surface area is 179 Å². The molecule has 0 aliphatic carbocycles. The first-order valence-corrected chi connectivity index (χ1v) is 9.90. The molecule has 6 rings (SSSR count). The number of amides is 1. The Morgan fingerprint density at radius 3 is 2.94 bits per heavy atom. The third kappa shape index (κ3) is 2.86. The molecule has 0 radical (unpaired) electrons. The maximum atomic E-state index is 14.3. The highest BCUT2D eigenvalue weighted by Gasteiger charge is 2.38. The van der Waals surface area contributed by atoms with Crippen molar-refractivity contribution in [2.45, 2.75) is 12.5 Å². The van der Waals surface area contributed by atoms with Gasteiger partial charge in [0.1, 0.15) is 17.4 Å². The second kappa shape index (κ2) is 7.08. The van der Waals surface area contributed by atoms with E-state index in [0.717, 1.165) is 5.69 Å². The molecule has 0 spiro atoms. The Kier molecular flexibility index (Phi) is 4.06. The number of carbonyl (C=O) groups excluding carboxylic acids is 1. The number of hydrogen-bond donors (Lipinski definition) is 1. The molecule has 1 N–H and O–H groups in total. The fourth-order valence-electron chi connectivity index (χ4n) is 3.97. The zero-order chi connectivity index (χ0) is 21.7. The van der Waals surface area contributed by atoms with Crippen LogP contribution in [0.5, 0.6) is 0 Å². The van der Waals surface area contributed by atoms with E-state index in [2.05, 4.69) is 30.2 Å². The van der Waals surface area contributed by atoms with Crippen molar-refractivity contribution in [2.24, 2.45) is 0 Å². The van der Waals surface area contributed by atoms with Gasteiger partial charge >= 0.3 is 11.8 Å². The lowest BCUT2D eigenvalue weighted by Gasteiger charge is -2.32. The van der Waals surface area contributed by atoms with Crippen LogP contribution in [0.4, 0.5) is 4.39 Å². The summed E-state index contributed by atoms with van der Waals surface area (Å²) in [5.41, 5.74) is 3.02. The Hall–Kier alpha value is -4.41. The number of hydrogen-bond acceptors (Lipinski definition) is 7. The highest BCUT2D eigenvalue weighted by Crippen LogP contribution is 2.34. The van der Waals surface area contributed by atoms with Gasteiger partial charge in [-0.2, -0.15) is 5.10 Å². The van der Waals surface area contributed by atoms with Crippen LogP contribution in [0, 0.1) is 5.82 Å². The van der Waals surface area contributed by atoms with E-state index in [4.69, 9.17) is 4.42 Å². The number of fused-ring (bicyclic) bond motifs is 2. The van der Waals surface area contributed by atoms with Crippen LogP contribution >= 0.6 is 0 Å². The molecule has 0 fully saturated rings. The van der Waals surface area contributed by atoms with Gasteiger partial charge in [-0.1, -0.05) is 0 Å². The molecule has 1 atom stereocenters. The summed E-state index contributed by atoms with van der Waals surface area (Å²) < 4.78 is 21.4. The summed E-state index contributed by atoms with van der Waals surface area (Å²) in [6.45, 7) is 0.377. The summed E-state index contributed by atoms with van der Waals surface area (Å²) in [6.07, 6.45) is 7.01. The first-order chi connectivity index (χ1) is 15.7. The molecule has 5 aromatic heterocycles. The number of aromatic amines is 1. The van der Waals surface area contributed by atoms with Gasteiger partial charge in [-0.3, -0.25) is 9.78 Å². The van der Waals surface area contributed by atoms with Crippen molar-refractivity contribution < 1.29 is 13.6 Å². The molecule has 10 nitrogen and oxygen atoms in total. The number of aromatic nitrogens is 7. The molecule has 1 aliphatic heterocycles. The summed E-state index contributed by atoms with van der Waals surface area (Å²) in [5, 5.41) is 12.5. The minimum atomic E-state index is -0.631. The maximum absolute atomic E-state index is 14.3. The number of H-pyrrole nitrogens is 1. The molecule has 1 amide bonds. The van der Waals surface area contributed by atoms with Crippen LogP contribution in [-0.2, 0) is 6.42 Å². The fraction of sp³-hybridized carbons (Fsp3) is 0.143. The van der Waals surface area contributed by atoms with Crippen molar-refractivity contribution in [1.82, 2.24) is 39.7 Å². The molecular formula is C21H15FN8O2. The average Bonchev–Trinajstić information content (AvgIpc) is 3.58. The number of rotatable bonds is 3. The summed E-state index contributed by atoms with van der Waals surface area (Å²) in [5.74, 6) is -0.773. The number of carbonyl (C=O) groups is 1. The van der Waals surface area contributed by atoms with Gasteiger partial charge in [0.25, 0.3) is 0 Å². The molecule has 0 saturated carbocycles. The minimum absolute atomic E-state index is 0.143. The summed E-state index contributed by atoms with van der Waals surface area (Å²) in [7, 11) is 0. The Bertz CT molecular complexity index is 1440. The summed E-state index contributed by atoms with van der Waals surface area (Å²) in [4.78, 5) is 26.5.